The van der Waals surface area contributed by atoms with Crippen LogP contribution in [0.15, 0.2) is 35.0 Å². The third-order valence-corrected chi connectivity index (χ3v) is 3.03. The van der Waals surface area contributed by atoms with E-state index in [4.69, 9.17) is 10.2 Å². The van der Waals surface area contributed by atoms with Crippen molar-refractivity contribution in [1.29, 1.82) is 0 Å². The van der Waals surface area contributed by atoms with Crippen LogP contribution in [0.3, 0.4) is 0 Å². The Morgan fingerprint density at radius 3 is 2.94 bits per heavy atom. The number of hydrogen-bond donors (Lipinski definition) is 1. The number of anilines is 1. The minimum atomic E-state index is 0.462. The highest BCUT2D eigenvalue weighted by Gasteiger charge is 2.10. The van der Waals surface area contributed by atoms with E-state index in [0.717, 1.165) is 34.6 Å². The third-order valence-electron chi connectivity index (χ3n) is 3.03. The van der Waals surface area contributed by atoms with Crippen molar-refractivity contribution in [1.82, 2.24) is 9.38 Å². The van der Waals surface area contributed by atoms with Gasteiger partial charge in [0.2, 0.25) is 0 Å². The van der Waals surface area contributed by atoms with E-state index in [0.29, 0.717) is 5.88 Å². The standard InChI is InChI=1S/C14H15N3O/c1-3-12-11(6-13(15)18-12)10-4-5-14-16-9(2)7-17(14)8-10/h4-8H,3,15H2,1-2H3. The number of nitrogens with two attached hydrogens (primary N) is 1. The molecule has 0 atom stereocenters. The van der Waals surface area contributed by atoms with Crippen LogP contribution in [0.4, 0.5) is 5.88 Å². The van der Waals surface area contributed by atoms with E-state index in [1.807, 2.05) is 35.7 Å². The van der Waals surface area contributed by atoms with Crippen molar-refractivity contribution in [3.8, 4) is 11.1 Å². The number of furan rings is 1. The molecule has 0 aromatic carbocycles. The predicted octanol–water partition coefficient (Wildman–Crippen LogP) is 3.05. The summed E-state index contributed by atoms with van der Waals surface area (Å²) in [5.41, 5.74) is 9.84. The van der Waals surface area contributed by atoms with Gasteiger partial charge in [-0.1, -0.05) is 6.92 Å². The van der Waals surface area contributed by atoms with Crippen molar-refractivity contribution in [2.75, 3.05) is 5.73 Å². The fourth-order valence-electron chi connectivity index (χ4n) is 2.23. The fraction of sp³-hybridized carbons (Fsp3) is 0.214. The first-order chi connectivity index (χ1) is 8.67. The van der Waals surface area contributed by atoms with Gasteiger partial charge in [-0.15, -0.1) is 0 Å². The Balaban J connectivity index is 2.18. The molecule has 3 heterocycles. The van der Waals surface area contributed by atoms with Crippen LogP contribution >= 0.6 is 0 Å². The molecule has 0 spiro atoms. The second-order valence-corrected chi connectivity index (χ2v) is 4.40. The average Bonchev–Trinajstić information content (AvgIpc) is 2.89. The number of aryl methyl sites for hydroxylation is 2. The van der Waals surface area contributed by atoms with Crippen LogP contribution in [-0.4, -0.2) is 9.38 Å². The highest BCUT2D eigenvalue weighted by Crippen LogP contribution is 2.29. The summed E-state index contributed by atoms with van der Waals surface area (Å²) in [4.78, 5) is 4.41. The second kappa shape index (κ2) is 3.91. The van der Waals surface area contributed by atoms with Gasteiger partial charge in [0.15, 0.2) is 5.88 Å². The van der Waals surface area contributed by atoms with Gasteiger partial charge in [0.05, 0.1) is 5.69 Å². The Kier molecular flexibility index (Phi) is 2.37. The van der Waals surface area contributed by atoms with Crippen LogP contribution in [0.2, 0.25) is 0 Å². The van der Waals surface area contributed by atoms with Crippen molar-refractivity contribution >= 4 is 11.5 Å². The molecule has 3 rings (SSSR count). The zero-order chi connectivity index (χ0) is 12.7. The largest absolute Gasteiger partial charge is 0.445 e. The summed E-state index contributed by atoms with van der Waals surface area (Å²) >= 11 is 0. The van der Waals surface area contributed by atoms with E-state index in [2.05, 4.69) is 18.1 Å². The number of pyridine rings is 1. The van der Waals surface area contributed by atoms with Crippen LogP contribution in [0.25, 0.3) is 16.8 Å². The molecule has 0 aliphatic rings. The van der Waals surface area contributed by atoms with E-state index >= 15 is 0 Å². The van der Waals surface area contributed by atoms with Crippen molar-refractivity contribution < 1.29 is 4.42 Å². The normalized spacial score (nSPS) is 11.2. The maximum absolute atomic E-state index is 5.72. The van der Waals surface area contributed by atoms with Crippen LogP contribution in [-0.2, 0) is 6.42 Å². The molecule has 2 N–H and O–H groups in total. The first kappa shape index (κ1) is 10.9. The molecule has 3 aromatic rings. The molecule has 3 aromatic heterocycles. The Morgan fingerprint density at radius 1 is 1.33 bits per heavy atom. The topological polar surface area (TPSA) is 56.5 Å². The number of imidazole rings is 1. The lowest BCUT2D eigenvalue weighted by Gasteiger charge is -2.01. The molecule has 4 nitrogen and oxygen atoms in total. The van der Waals surface area contributed by atoms with Gasteiger partial charge in [0.25, 0.3) is 0 Å². The number of nitrogens with zero attached hydrogens (tertiary/aromatic N) is 2. The lowest BCUT2D eigenvalue weighted by Crippen LogP contribution is -1.87. The molecular weight excluding hydrogens is 226 g/mol. The monoisotopic (exact) mass is 241 g/mol. The number of fused-ring (bicyclic) bond motifs is 1. The van der Waals surface area contributed by atoms with Crippen LogP contribution in [0, 0.1) is 6.92 Å². The van der Waals surface area contributed by atoms with Crippen molar-refractivity contribution in [2.24, 2.45) is 0 Å². The molecule has 4 heteroatoms. The van der Waals surface area contributed by atoms with Gasteiger partial charge in [0.1, 0.15) is 11.4 Å². The first-order valence-corrected chi connectivity index (χ1v) is 6.01. The SMILES string of the molecule is CCc1oc(N)cc1-c1ccc2nc(C)cn2c1. The van der Waals surface area contributed by atoms with Crippen molar-refractivity contribution in [3.63, 3.8) is 0 Å². The highest BCUT2D eigenvalue weighted by molar-refractivity contribution is 5.69. The average molecular weight is 241 g/mol. The Morgan fingerprint density at radius 2 is 2.17 bits per heavy atom. The Bertz CT molecular complexity index is 709. The minimum Gasteiger partial charge on any atom is -0.445 e. The lowest BCUT2D eigenvalue weighted by atomic mass is 10.1. The lowest BCUT2D eigenvalue weighted by molar-refractivity contribution is 0.535. The first-order valence-electron chi connectivity index (χ1n) is 6.01. The van der Waals surface area contributed by atoms with Crippen molar-refractivity contribution in [3.05, 3.63) is 42.0 Å². The summed E-state index contributed by atoms with van der Waals surface area (Å²) in [6.45, 7) is 4.04. The molecule has 0 saturated heterocycles. The maximum Gasteiger partial charge on any atom is 0.191 e. The van der Waals surface area contributed by atoms with Gasteiger partial charge in [0, 0.05) is 36.0 Å². The van der Waals surface area contributed by atoms with Crippen molar-refractivity contribution in [2.45, 2.75) is 20.3 Å². The summed E-state index contributed by atoms with van der Waals surface area (Å²) in [5.74, 6) is 1.38. The second-order valence-electron chi connectivity index (χ2n) is 4.40. The van der Waals surface area contributed by atoms with E-state index in [9.17, 15) is 0 Å². The predicted molar refractivity (Wildman–Crippen MR) is 71.4 cm³/mol. The van der Waals surface area contributed by atoms with E-state index < -0.39 is 0 Å². The zero-order valence-electron chi connectivity index (χ0n) is 10.5. The zero-order valence-corrected chi connectivity index (χ0v) is 10.5. The minimum absolute atomic E-state index is 0.462. The smallest absolute Gasteiger partial charge is 0.191 e. The van der Waals surface area contributed by atoms with E-state index in [-0.39, 0.29) is 0 Å². The molecule has 0 radical (unpaired) electrons. The fourth-order valence-corrected chi connectivity index (χ4v) is 2.23. The van der Waals surface area contributed by atoms with Gasteiger partial charge >= 0.3 is 0 Å². The number of rotatable bonds is 2. The molecule has 0 aliphatic heterocycles. The van der Waals surface area contributed by atoms with Gasteiger partial charge in [-0.25, -0.2) is 4.98 Å². The third kappa shape index (κ3) is 1.66. The summed E-state index contributed by atoms with van der Waals surface area (Å²) in [6, 6.07) is 5.93. The van der Waals surface area contributed by atoms with Crippen LogP contribution in [0.5, 0.6) is 0 Å². The van der Waals surface area contributed by atoms with Gasteiger partial charge in [-0.05, 0) is 19.1 Å². The molecule has 0 bridgehead atoms. The number of hydrogen-bond acceptors (Lipinski definition) is 3. The van der Waals surface area contributed by atoms with Gasteiger partial charge < -0.3 is 14.6 Å². The van der Waals surface area contributed by atoms with Crippen LogP contribution < -0.4 is 5.73 Å². The van der Waals surface area contributed by atoms with Gasteiger partial charge in [-0.2, -0.15) is 0 Å². The summed E-state index contributed by atoms with van der Waals surface area (Å²) < 4.78 is 7.51. The quantitative estimate of drug-likeness (QED) is 0.750. The molecule has 0 amide bonds. The molecule has 92 valence electrons. The molecule has 0 saturated carbocycles. The van der Waals surface area contributed by atoms with E-state index in [1.165, 1.54) is 0 Å². The number of aromatic nitrogens is 2. The Hall–Kier alpha value is -2.23. The van der Waals surface area contributed by atoms with Crippen LogP contribution in [0.1, 0.15) is 18.4 Å². The molecule has 18 heavy (non-hydrogen) atoms. The molecule has 0 unspecified atom stereocenters. The summed E-state index contributed by atoms with van der Waals surface area (Å²) in [7, 11) is 0. The molecule has 0 fully saturated rings. The highest BCUT2D eigenvalue weighted by atomic mass is 16.4. The Labute approximate surface area is 105 Å². The van der Waals surface area contributed by atoms with E-state index in [1.54, 1.807) is 0 Å². The molecular formula is C14H15N3O. The number of nitrogen functional groups attached to an aromatic ring is 1. The summed E-state index contributed by atoms with van der Waals surface area (Å²) in [5, 5.41) is 0. The van der Waals surface area contributed by atoms with Gasteiger partial charge in [-0.3, -0.25) is 0 Å². The maximum atomic E-state index is 5.72. The molecule has 0 aliphatic carbocycles. The summed E-state index contributed by atoms with van der Waals surface area (Å²) in [6.07, 6.45) is 4.89.